The molecule has 6 nitrogen and oxygen atoms in total. The van der Waals surface area contributed by atoms with Gasteiger partial charge in [-0.2, -0.15) is 0 Å². The van der Waals surface area contributed by atoms with Crippen molar-refractivity contribution in [2.24, 2.45) is 0 Å². The Morgan fingerprint density at radius 2 is 2.04 bits per heavy atom. The number of likely N-dealkylation sites (tertiary alicyclic amines) is 1. The number of benzene rings is 1. The molecule has 1 aliphatic rings. The summed E-state index contributed by atoms with van der Waals surface area (Å²) in [5.41, 5.74) is 1.32. The summed E-state index contributed by atoms with van der Waals surface area (Å²) in [6.07, 6.45) is 4.02. The third kappa shape index (κ3) is 7.11. The maximum absolute atomic E-state index is 11.8. The van der Waals surface area contributed by atoms with E-state index in [1.165, 1.54) is 5.56 Å². The number of sulfonamides is 1. The van der Waals surface area contributed by atoms with Crippen molar-refractivity contribution in [3.63, 3.8) is 0 Å². The molecule has 1 atom stereocenters. The predicted molar refractivity (Wildman–Crippen MR) is 90.6 cm³/mol. The summed E-state index contributed by atoms with van der Waals surface area (Å²) in [6, 6.07) is 10.4. The van der Waals surface area contributed by atoms with Crippen LogP contribution in [0.2, 0.25) is 0 Å². The molecule has 7 heteroatoms. The van der Waals surface area contributed by atoms with Crippen LogP contribution in [0.4, 0.5) is 0 Å². The van der Waals surface area contributed by atoms with E-state index in [1.54, 1.807) is 0 Å². The van der Waals surface area contributed by atoms with E-state index >= 15 is 0 Å². The predicted octanol–water partition coefficient (Wildman–Crippen LogP) is 0.359. The molecule has 1 fully saturated rings. The lowest BCUT2D eigenvalue weighted by molar-refractivity contribution is -0.121. The fraction of sp³-hybridized carbons (Fsp3) is 0.562. The maximum Gasteiger partial charge on any atom is 0.235 e. The molecule has 0 saturated carbocycles. The number of nitrogens with one attached hydrogen (secondary N) is 2. The van der Waals surface area contributed by atoms with Crippen LogP contribution < -0.4 is 10.0 Å². The number of hydrogen-bond donors (Lipinski definition) is 2. The van der Waals surface area contributed by atoms with Crippen molar-refractivity contribution in [3.8, 4) is 0 Å². The van der Waals surface area contributed by atoms with Crippen LogP contribution in [0.1, 0.15) is 18.4 Å². The van der Waals surface area contributed by atoms with E-state index < -0.39 is 10.0 Å². The van der Waals surface area contributed by atoms with E-state index in [-0.39, 0.29) is 18.5 Å². The van der Waals surface area contributed by atoms with Crippen LogP contribution in [0.3, 0.4) is 0 Å². The van der Waals surface area contributed by atoms with E-state index in [9.17, 15) is 13.2 Å². The second-order valence-corrected chi connectivity index (χ2v) is 7.87. The van der Waals surface area contributed by atoms with Crippen LogP contribution >= 0.6 is 0 Å². The van der Waals surface area contributed by atoms with E-state index in [2.05, 4.69) is 27.1 Å². The Morgan fingerprint density at radius 3 is 2.74 bits per heavy atom. The highest BCUT2D eigenvalue weighted by Crippen LogP contribution is 2.11. The number of carbonyl (C=O) groups excluding carboxylic acids is 1. The van der Waals surface area contributed by atoms with Gasteiger partial charge in [0.1, 0.15) is 0 Å². The van der Waals surface area contributed by atoms with E-state index in [4.69, 9.17) is 0 Å². The lowest BCUT2D eigenvalue weighted by Crippen LogP contribution is -2.50. The van der Waals surface area contributed by atoms with Gasteiger partial charge < -0.3 is 10.2 Å². The van der Waals surface area contributed by atoms with E-state index in [0.29, 0.717) is 0 Å². The molecule has 2 rings (SSSR count). The molecule has 1 saturated heterocycles. The highest BCUT2D eigenvalue weighted by Gasteiger charge is 2.21. The number of hydrogen-bond acceptors (Lipinski definition) is 4. The first-order chi connectivity index (χ1) is 10.9. The summed E-state index contributed by atoms with van der Waals surface area (Å²) in [5, 5.41) is 2.91. The first kappa shape index (κ1) is 17.9. The normalized spacial score (nSPS) is 19.4. The Morgan fingerprint density at radius 1 is 1.30 bits per heavy atom. The maximum atomic E-state index is 11.8. The van der Waals surface area contributed by atoms with E-state index in [0.717, 1.165) is 45.2 Å². The van der Waals surface area contributed by atoms with Gasteiger partial charge >= 0.3 is 0 Å². The molecule has 1 aliphatic heterocycles. The van der Waals surface area contributed by atoms with Gasteiger partial charge in [0.25, 0.3) is 0 Å². The minimum atomic E-state index is -3.33. The zero-order chi connectivity index (χ0) is 16.7. The van der Waals surface area contributed by atoms with Gasteiger partial charge in [-0.15, -0.1) is 0 Å². The number of piperidine rings is 1. The van der Waals surface area contributed by atoms with Gasteiger partial charge in [0.05, 0.1) is 12.8 Å². The van der Waals surface area contributed by atoms with Crippen molar-refractivity contribution in [2.75, 3.05) is 32.4 Å². The highest BCUT2D eigenvalue weighted by molar-refractivity contribution is 7.88. The molecule has 0 bridgehead atoms. The molecule has 2 N–H and O–H groups in total. The fourth-order valence-electron chi connectivity index (χ4n) is 2.78. The standard InChI is InChI=1S/C16H25N3O3S/c1-23(21,22)17-12-16(20)18-15-8-5-10-19(13-15)11-9-14-6-3-2-4-7-14/h2-4,6-7,15,17H,5,8-13H2,1H3,(H,18,20). The number of carbonyl (C=O) groups is 1. The number of amides is 1. The average Bonchev–Trinajstić information content (AvgIpc) is 2.52. The van der Waals surface area contributed by atoms with Crippen molar-refractivity contribution >= 4 is 15.9 Å². The lowest BCUT2D eigenvalue weighted by atomic mass is 10.0. The molecular formula is C16H25N3O3S. The molecule has 0 spiro atoms. The molecule has 23 heavy (non-hydrogen) atoms. The second-order valence-electron chi connectivity index (χ2n) is 6.04. The van der Waals surface area contributed by atoms with Crippen LogP contribution in [0.25, 0.3) is 0 Å². The minimum absolute atomic E-state index is 0.0911. The van der Waals surface area contributed by atoms with Crippen LogP contribution in [0, 0.1) is 0 Å². The van der Waals surface area contributed by atoms with Gasteiger partial charge in [0, 0.05) is 19.1 Å². The van der Waals surface area contributed by atoms with Crippen LogP contribution in [0.15, 0.2) is 30.3 Å². The molecule has 1 aromatic carbocycles. The third-order valence-corrected chi connectivity index (χ3v) is 4.59. The molecule has 1 unspecified atom stereocenters. The Hall–Kier alpha value is -1.44. The van der Waals surface area contributed by atoms with Crippen molar-refractivity contribution in [2.45, 2.75) is 25.3 Å². The Kier molecular flexibility index (Phi) is 6.56. The summed E-state index contributed by atoms with van der Waals surface area (Å²) in [4.78, 5) is 14.1. The minimum Gasteiger partial charge on any atom is -0.351 e. The summed E-state index contributed by atoms with van der Waals surface area (Å²) in [7, 11) is -3.33. The van der Waals surface area contributed by atoms with Gasteiger partial charge in [0.15, 0.2) is 0 Å². The second kappa shape index (κ2) is 8.42. The molecule has 1 aromatic rings. The Balaban J connectivity index is 1.73. The summed E-state index contributed by atoms with van der Waals surface area (Å²) in [5.74, 6) is -0.273. The summed E-state index contributed by atoms with van der Waals surface area (Å²) < 4.78 is 24.2. The molecule has 0 radical (unpaired) electrons. The van der Waals surface area contributed by atoms with Crippen LogP contribution in [-0.2, 0) is 21.2 Å². The van der Waals surface area contributed by atoms with Gasteiger partial charge in [-0.05, 0) is 31.4 Å². The molecule has 0 aromatic heterocycles. The van der Waals surface area contributed by atoms with Crippen LogP contribution in [0.5, 0.6) is 0 Å². The van der Waals surface area contributed by atoms with Crippen molar-refractivity contribution in [1.29, 1.82) is 0 Å². The van der Waals surface area contributed by atoms with Crippen molar-refractivity contribution in [1.82, 2.24) is 14.9 Å². The summed E-state index contributed by atoms with van der Waals surface area (Å²) in [6.45, 7) is 2.63. The number of rotatable bonds is 7. The van der Waals surface area contributed by atoms with Gasteiger partial charge in [0.2, 0.25) is 15.9 Å². The molecular weight excluding hydrogens is 314 g/mol. The fourth-order valence-corrected chi connectivity index (χ4v) is 3.18. The molecule has 128 valence electrons. The number of nitrogens with zero attached hydrogens (tertiary/aromatic N) is 1. The largest absolute Gasteiger partial charge is 0.351 e. The Bertz CT molecular complexity index is 604. The zero-order valence-corrected chi connectivity index (χ0v) is 14.3. The molecule has 0 aliphatic carbocycles. The average molecular weight is 339 g/mol. The zero-order valence-electron chi connectivity index (χ0n) is 13.5. The first-order valence-corrected chi connectivity index (χ1v) is 9.82. The topological polar surface area (TPSA) is 78.5 Å². The first-order valence-electron chi connectivity index (χ1n) is 7.93. The Labute approximate surface area is 138 Å². The van der Waals surface area contributed by atoms with Gasteiger partial charge in [-0.3, -0.25) is 4.79 Å². The quantitative estimate of drug-likeness (QED) is 0.752. The van der Waals surface area contributed by atoms with Gasteiger partial charge in [-0.25, -0.2) is 13.1 Å². The third-order valence-electron chi connectivity index (χ3n) is 3.93. The van der Waals surface area contributed by atoms with Gasteiger partial charge in [-0.1, -0.05) is 30.3 Å². The molecule has 1 heterocycles. The smallest absolute Gasteiger partial charge is 0.235 e. The summed E-state index contributed by atoms with van der Waals surface area (Å²) >= 11 is 0. The lowest BCUT2D eigenvalue weighted by Gasteiger charge is -2.33. The van der Waals surface area contributed by atoms with Crippen molar-refractivity contribution in [3.05, 3.63) is 35.9 Å². The molecule has 1 amide bonds. The SMILES string of the molecule is CS(=O)(=O)NCC(=O)NC1CCCN(CCc2ccccc2)C1. The highest BCUT2D eigenvalue weighted by atomic mass is 32.2. The monoisotopic (exact) mass is 339 g/mol. The van der Waals surface area contributed by atoms with Crippen molar-refractivity contribution < 1.29 is 13.2 Å². The van der Waals surface area contributed by atoms with Crippen LogP contribution in [-0.4, -0.2) is 57.7 Å². The van der Waals surface area contributed by atoms with E-state index in [1.807, 2.05) is 18.2 Å².